The van der Waals surface area contributed by atoms with Gasteiger partial charge in [-0.1, -0.05) is 49.2 Å². The average Bonchev–Trinajstić information content (AvgIpc) is 2.78. The maximum Gasteiger partial charge on any atom is 0.262 e. The van der Waals surface area contributed by atoms with Gasteiger partial charge >= 0.3 is 0 Å². The van der Waals surface area contributed by atoms with Gasteiger partial charge in [0.1, 0.15) is 23.6 Å². The lowest BCUT2D eigenvalue weighted by Crippen LogP contribution is -2.49. The quantitative estimate of drug-likeness (QED) is 0.349. The lowest BCUT2D eigenvalue weighted by molar-refractivity contribution is -0.132. The van der Waals surface area contributed by atoms with Crippen molar-refractivity contribution < 1.29 is 19.1 Å². The minimum absolute atomic E-state index is 0.0692. The van der Waals surface area contributed by atoms with Gasteiger partial charge in [0.15, 0.2) is 12.7 Å². The highest BCUT2D eigenvalue weighted by atomic mass is 35.5. The van der Waals surface area contributed by atoms with Gasteiger partial charge in [-0.2, -0.15) is 10.4 Å². The van der Waals surface area contributed by atoms with E-state index in [4.69, 9.17) is 37.9 Å². The molecule has 0 saturated heterocycles. The Bertz CT molecular complexity index is 1070. The van der Waals surface area contributed by atoms with Crippen molar-refractivity contribution in [3.05, 3.63) is 58.1 Å². The molecule has 10 heteroatoms. The third kappa shape index (κ3) is 8.93. The molecule has 0 aliphatic heterocycles. The smallest absolute Gasteiger partial charge is 0.262 e. The molecule has 2 aromatic rings. The molecule has 2 rings (SSSR count). The lowest BCUT2D eigenvalue weighted by Gasteiger charge is -2.22. The summed E-state index contributed by atoms with van der Waals surface area (Å²) in [6.45, 7) is 5.37. The topological polar surface area (TPSA) is 113 Å². The highest BCUT2D eigenvalue weighted by molar-refractivity contribution is 6.35. The monoisotopic (exact) mass is 504 g/mol. The molecule has 0 aliphatic carbocycles. The number of halogens is 2. The highest BCUT2D eigenvalue weighted by Gasteiger charge is 2.25. The first-order valence-corrected chi connectivity index (χ1v) is 11.3. The molecule has 0 saturated carbocycles. The van der Waals surface area contributed by atoms with Gasteiger partial charge in [-0.15, -0.1) is 0 Å². The zero-order valence-corrected chi connectivity index (χ0v) is 20.6. The van der Waals surface area contributed by atoms with Crippen molar-refractivity contribution in [2.75, 3.05) is 6.61 Å². The van der Waals surface area contributed by atoms with Gasteiger partial charge in [-0.25, -0.2) is 5.43 Å². The number of benzene rings is 2. The van der Waals surface area contributed by atoms with Crippen LogP contribution in [-0.4, -0.2) is 36.8 Å². The Balaban J connectivity index is 1.99. The summed E-state index contributed by atoms with van der Waals surface area (Å²) in [5.74, 6) is 0.0155. The Hall–Kier alpha value is -3.28. The first-order valence-electron chi connectivity index (χ1n) is 10.5. The minimum Gasteiger partial charge on any atom is -0.479 e. The number of nitrogens with zero attached hydrogens (tertiary/aromatic N) is 2. The summed E-state index contributed by atoms with van der Waals surface area (Å²) < 4.78 is 10.9. The molecule has 2 aromatic carbocycles. The Labute approximate surface area is 208 Å². The Morgan fingerprint density at radius 3 is 2.59 bits per heavy atom. The van der Waals surface area contributed by atoms with Crippen LogP contribution in [0.3, 0.4) is 0 Å². The number of rotatable bonds is 11. The van der Waals surface area contributed by atoms with E-state index in [0.717, 1.165) is 0 Å². The molecule has 0 radical (unpaired) electrons. The molecule has 0 spiro atoms. The molecule has 8 nitrogen and oxygen atoms in total. The predicted molar refractivity (Wildman–Crippen MR) is 131 cm³/mol. The summed E-state index contributed by atoms with van der Waals surface area (Å²) >= 11 is 12.0. The van der Waals surface area contributed by atoms with Crippen LogP contribution < -0.4 is 20.2 Å². The number of carbonyl (C=O) groups is 2. The van der Waals surface area contributed by atoms with E-state index in [-0.39, 0.29) is 17.5 Å². The second kappa shape index (κ2) is 13.4. The predicted octanol–water partition coefficient (Wildman–Crippen LogP) is 4.34. The van der Waals surface area contributed by atoms with Crippen molar-refractivity contribution in [3.63, 3.8) is 0 Å². The van der Waals surface area contributed by atoms with Crippen molar-refractivity contribution in [3.8, 4) is 17.6 Å². The van der Waals surface area contributed by atoms with Crippen LogP contribution in [-0.2, 0) is 9.59 Å². The molecule has 0 heterocycles. The van der Waals surface area contributed by atoms with Crippen LogP contribution >= 0.6 is 23.2 Å². The van der Waals surface area contributed by atoms with Crippen molar-refractivity contribution in [2.24, 2.45) is 11.0 Å². The van der Waals surface area contributed by atoms with Crippen LogP contribution in [0.15, 0.2) is 47.6 Å². The normalized spacial score (nSPS) is 12.6. The van der Waals surface area contributed by atoms with Crippen LogP contribution in [0.4, 0.5) is 0 Å². The largest absolute Gasteiger partial charge is 0.479 e. The molecule has 0 aromatic heterocycles. The van der Waals surface area contributed by atoms with Crippen LogP contribution in [0.1, 0.15) is 32.8 Å². The lowest BCUT2D eigenvalue weighted by atomic mass is 10.0. The summed E-state index contributed by atoms with van der Waals surface area (Å²) in [7, 11) is 0. The van der Waals surface area contributed by atoms with Crippen LogP contribution in [0, 0.1) is 17.2 Å². The first kappa shape index (κ1) is 27.0. The molecular formula is C24H26Cl2N4O4. The van der Waals surface area contributed by atoms with E-state index >= 15 is 0 Å². The Morgan fingerprint density at radius 1 is 1.15 bits per heavy atom. The summed E-state index contributed by atoms with van der Waals surface area (Å²) in [6.07, 6.45) is 0.944. The second-order valence-corrected chi connectivity index (χ2v) is 8.62. The van der Waals surface area contributed by atoms with Crippen LogP contribution in [0.25, 0.3) is 0 Å². The molecule has 2 N–H and O–H groups in total. The van der Waals surface area contributed by atoms with E-state index in [1.807, 2.05) is 19.9 Å². The highest BCUT2D eigenvalue weighted by Crippen LogP contribution is 2.28. The fourth-order valence-corrected chi connectivity index (χ4v) is 3.31. The molecule has 0 unspecified atom stereocenters. The minimum atomic E-state index is -0.902. The number of ether oxygens (including phenoxy) is 2. The third-order valence-corrected chi connectivity index (χ3v) is 4.99. The standard InChI is InChI=1S/C24H26Cl2N4O4/c1-15(2)11-21(29-23(31)16(3)34-22-8-7-18(25)13-20(22)26)24(32)30-28-14-17-5-4-6-19(12-17)33-10-9-27/h4-8,12-16,21H,10-11H2,1-3H3,(H,29,31)(H,30,32)/b28-14-/t16-,21+/m1/s1. The van der Waals surface area contributed by atoms with Gasteiger partial charge in [-0.05, 0) is 55.2 Å². The third-order valence-electron chi connectivity index (χ3n) is 4.46. The van der Waals surface area contributed by atoms with Crippen molar-refractivity contribution >= 4 is 41.2 Å². The van der Waals surface area contributed by atoms with Gasteiger partial charge in [0.05, 0.1) is 11.2 Å². The molecule has 0 bridgehead atoms. The molecule has 2 amide bonds. The number of nitrogens with one attached hydrogen (secondary N) is 2. The summed E-state index contributed by atoms with van der Waals surface area (Å²) in [6, 6.07) is 12.7. The second-order valence-electron chi connectivity index (χ2n) is 7.78. The molecule has 0 aliphatic rings. The molecular weight excluding hydrogens is 479 g/mol. The van der Waals surface area contributed by atoms with Gasteiger partial charge in [0.25, 0.3) is 11.8 Å². The molecule has 34 heavy (non-hydrogen) atoms. The van der Waals surface area contributed by atoms with Gasteiger partial charge < -0.3 is 14.8 Å². The summed E-state index contributed by atoms with van der Waals surface area (Å²) in [4.78, 5) is 25.4. The Morgan fingerprint density at radius 2 is 1.91 bits per heavy atom. The fraction of sp³-hybridized carbons (Fsp3) is 0.333. The SMILES string of the molecule is CC(C)C[C@H](NC(=O)[C@@H](C)Oc1ccc(Cl)cc1Cl)C(=O)N/N=C\c1cccc(OCC#N)c1. The van der Waals surface area contributed by atoms with Gasteiger partial charge in [0, 0.05) is 5.02 Å². The van der Waals surface area contributed by atoms with Crippen LogP contribution in [0.5, 0.6) is 11.5 Å². The molecule has 180 valence electrons. The molecule has 0 fully saturated rings. The number of hydrazone groups is 1. The molecule has 2 atom stereocenters. The van der Waals surface area contributed by atoms with E-state index in [2.05, 4.69) is 15.8 Å². The maximum atomic E-state index is 12.7. The van der Waals surface area contributed by atoms with E-state index in [1.165, 1.54) is 12.3 Å². The Kier molecular flexibility index (Phi) is 10.7. The zero-order valence-electron chi connectivity index (χ0n) is 19.0. The first-order chi connectivity index (χ1) is 16.2. The van der Waals surface area contributed by atoms with Crippen molar-refractivity contribution in [2.45, 2.75) is 39.3 Å². The summed E-state index contributed by atoms with van der Waals surface area (Å²) in [5, 5.41) is 16.0. The van der Waals surface area contributed by atoms with Crippen molar-refractivity contribution in [1.82, 2.24) is 10.7 Å². The van der Waals surface area contributed by atoms with Gasteiger partial charge in [0.2, 0.25) is 0 Å². The van der Waals surface area contributed by atoms with E-state index < -0.39 is 24.0 Å². The number of amides is 2. The maximum absolute atomic E-state index is 12.7. The summed E-state index contributed by atoms with van der Waals surface area (Å²) in [5.41, 5.74) is 3.12. The zero-order chi connectivity index (χ0) is 25.1. The fourth-order valence-electron chi connectivity index (χ4n) is 2.86. The van der Waals surface area contributed by atoms with Crippen molar-refractivity contribution in [1.29, 1.82) is 5.26 Å². The number of hydrogen-bond donors (Lipinski definition) is 2. The number of nitriles is 1. The van der Waals surface area contributed by atoms with E-state index in [1.54, 1.807) is 43.3 Å². The van der Waals surface area contributed by atoms with Gasteiger partial charge in [-0.3, -0.25) is 9.59 Å². The number of carbonyl (C=O) groups excluding carboxylic acids is 2. The van der Waals surface area contributed by atoms with E-state index in [0.29, 0.717) is 28.5 Å². The number of hydrogen-bond acceptors (Lipinski definition) is 6. The average molecular weight is 505 g/mol. The van der Waals surface area contributed by atoms with E-state index in [9.17, 15) is 9.59 Å². The van der Waals surface area contributed by atoms with Crippen LogP contribution in [0.2, 0.25) is 10.0 Å².